The van der Waals surface area contributed by atoms with Crippen molar-refractivity contribution in [3.05, 3.63) is 34.8 Å². The summed E-state index contributed by atoms with van der Waals surface area (Å²) in [6.07, 6.45) is 2.66. The summed E-state index contributed by atoms with van der Waals surface area (Å²) < 4.78 is 16.6. The van der Waals surface area contributed by atoms with Crippen LogP contribution in [0.3, 0.4) is 0 Å². The number of ketones is 1. The van der Waals surface area contributed by atoms with Crippen LogP contribution in [-0.4, -0.2) is 56.3 Å². The maximum absolute atomic E-state index is 13.0. The van der Waals surface area contributed by atoms with E-state index in [2.05, 4.69) is 11.9 Å². The zero-order chi connectivity index (χ0) is 18.7. The number of likely N-dealkylation sites (N-methyl/N-ethyl adjacent to an activating group) is 1. The molecule has 1 aliphatic heterocycles. The maximum atomic E-state index is 13.0. The van der Waals surface area contributed by atoms with E-state index in [4.69, 9.17) is 14.2 Å². The number of carbonyl (C=O) groups excluding carboxylic acids is 1. The molecule has 2 atom stereocenters. The molecule has 1 saturated heterocycles. The highest BCUT2D eigenvalue weighted by Crippen LogP contribution is 2.63. The number of methoxy groups -OCH3 is 3. The van der Waals surface area contributed by atoms with Gasteiger partial charge in [-0.2, -0.15) is 0 Å². The number of rotatable bonds is 3. The number of phenols is 1. The van der Waals surface area contributed by atoms with Gasteiger partial charge in [-0.15, -0.1) is 0 Å². The average Bonchev–Trinajstić information content (AvgIpc) is 2.93. The fraction of sp³-hybridized carbons (Fsp3) is 0.550. The standard InChI is InChI=1S/C20H25NO5/c1-21-10-9-19-11-13(22)17(25-3)18(26-4)20(19,21)8-7-12-5-6-14(24-2)16(23)15(12)19/h5-6,23H,7-11H2,1-4H3/t19-,20-/m1/s1. The number of phenolic OH excluding ortho intramolecular Hbond substituents is 1. The Labute approximate surface area is 153 Å². The Morgan fingerprint density at radius 1 is 1.12 bits per heavy atom. The monoisotopic (exact) mass is 359 g/mol. The number of Topliss-reactive ketones (excluding diaryl/α,β-unsaturated/α-hetero) is 1. The molecule has 4 rings (SSSR count). The van der Waals surface area contributed by atoms with Crippen LogP contribution in [0.25, 0.3) is 0 Å². The molecule has 0 radical (unpaired) electrons. The summed E-state index contributed by atoms with van der Waals surface area (Å²) in [5, 5.41) is 11.0. The fourth-order valence-electron chi connectivity index (χ4n) is 5.68. The Kier molecular flexibility index (Phi) is 3.74. The summed E-state index contributed by atoms with van der Waals surface area (Å²) in [5.74, 6) is 1.40. The van der Waals surface area contributed by atoms with Gasteiger partial charge >= 0.3 is 0 Å². The van der Waals surface area contributed by atoms with Crippen LogP contribution < -0.4 is 4.74 Å². The Bertz CT molecular complexity index is 817. The molecule has 6 nitrogen and oxygen atoms in total. The first-order chi connectivity index (χ1) is 12.5. The van der Waals surface area contributed by atoms with E-state index in [0.717, 1.165) is 36.9 Å². The number of nitrogens with zero attached hydrogens (tertiary/aromatic N) is 1. The van der Waals surface area contributed by atoms with Gasteiger partial charge in [0.15, 0.2) is 17.3 Å². The van der Waals surface area contributed by atoms with Crippen LogP contribution in [0.1, 0.15) is 30.4 Å². The molecule has 1 fully saturated rings. The van der Waals surface area contributed by atoms with Crippen molar-refractivity contribution < 1.29 is 24.1 Å². The minimum atomic E-state index is -0.543. The molecule has 1 aromatic carbocycles. The first kappa shape index (κ1) is 17.2. The van der Waals surface area contributed by atoms with Gasteiger partial charge < -0.3 is 19.3 Å². The van der Waals surface area contributed by atoms with Gasteiger partial charge in [-0.1, -0.05) is 6.07 Å². The third kappa shape index (κ3) is 1.78. The normalized spacial score (nSPS) is 30.5. The van der Waals surface area contributed by atoms with Crippen molar-refractivity contribution in [3.8, 4) is 11.5 Å². The largest absolute Gasteiger partial charge is 0.504 e. The molecule has 140 valence electrons. The van der Waals surface area contributed by atoms with Crippen molar-refractivity contribution in [1.82, 2.24) is 4.90 Å². The van der Waals surface area contributed by atoms with Crippen LogP contribution in [-0.2, 0) is 26.1 Å². The van der Waals surface area contributed by atoms with E-state index in [0.29, 0.717) is 23.7 Å². The van der Waals surface area contributed by atoms with Crippen molar-refractivity contribution in [2.45, 2.75) is 36.6 Å². The molecule has 2 aliphatic carbocycles. The first-order valence-electron chi connectivity index (χ1n) is 8.93. The van der Waals surface area contributed by atoms with Crippen LogP contribution in [0.5, 0.6) is 11.5 Å². The predicted molar refractivity (Wildman–Crippen MR) is 95.3 cm³/mol. The van der Waals surface area contributed by atoms with Crippen LogP contribution >= 0.6 is 0 Å². The number of benzene rings is 1. The van der Waals surface area contributed by atoms with Crippen molar-refractivity contribution in [3.63, 3.8) is 0 Å². The number of likely N-dealkylation sites (tertiary alicyclic amines) is 1. The van der Waals surface area contributed by atoms with Crippen molar-refractivity contribution >= 4 is 5.78 Å². The molecule has 0 aromatic heterocycles. The first-order valence-corrected chi connectivity index (χ1v) is 8.93. The summed E-state index contributed by atoms with van der Waals surface area (Å²) in [5.41, 5.74) is 0.875. The van der Waals surface area contributed by atoms with Gasteiger partial charge in [0.05, 0.1) is 26.9 Å². The van der Waals surface area contributed by atoms with E-state index >= 15 is 0 Å². The van der Waals surface area contributed by atoms with Gasteiger partial charge in [0, 0.05) is 17.4 Å². The Morgan fingerprint density at radius 2 is 1.88 bits per heavy atom. The molecule has 0 bridgehead atoms. The zero-order valence-electron chi connectivity index (χ0n) is 15.7. The molecule has 3 aliphatic rings. The van der Waals surface area contributed by atoms with E-state index in [1.807, 2.05) is 6.07 Å². The third-order valence-electron chi connectivity index (χ3n) is 6.70. The second-order valence-electron chi connectivity index (χ2n) is 7.43. The summed E-state index contributed by atoms with van der Waals surface area (Å²) in [4.78, 5) is 15.2. The molecule has 0 saturated carbocycles. The number of allylic oxidation sites excluding steroid dienone is 1. The van der Waals surface area contributed by atoms with E-state index in [1.165, 1.54) is 7.11 Å². The quantitative estimate of drug-likeness (QED) is 0.892. The Balaban J connectivity index is 2.07. The minimum Gasteiger partial charge on any atom is -0.504 e. The molecule has 6 heteroatoms. The Hall–Kier alpha value is -2.21. The minimum absolute atomic E-state index is 0.0784. The number of fused-ring (bicyclic) bond motifs is 1. The SMILES string of the molecule is COC1=C(OC)[C@]23CCc4ccc(OC)c(O)c4[C@@]2(CCN3C)CC1=O. The number of aryl methyl sites for hydroxylation is 1. The zero-order valence-corrected chi connectivity index (χ0v) is 15.7. The summed E-state index contributed by atoms with van der Waals surface area (Å²) in [6, 6.07) is 3.81. The van der Waals surface area contributed by atoms with Crippen molar-refractivity contribution in [2.75, 3.05) is 34.9 Å². The lowest BCUT2D eigenvalue weighted by molar-refractivity contribution is -0.124. The lowest BCUT2D eigenvalue weighted by Crippen LogP contribution is -2.62. The second kappa shape index (κ2) is 5.64. The summed E-state index contributed by atoms with van der Waals surface area (Å²) >= 11 is 0. The van der Waals surface area contributed by atoms with Crippen LogP contribution in [0.15, 0.2) is 23.7 Å². The van der Waals surface area contributed by atoms with Gasteiger partial charge in [-0.25, -0.2) is 0 Å². The van der Waals surface area contributed by atoms with Crippen LogP contribution in [0.2, 0.25) is 0 Å². The molecule has 1 N–H and O–H groups in total. The lowest BCUT2D eigenvalue weighted by atomic mass is 9.53. The van der Waals surface area contributed by atoms with Crippen molar-refractivity contribution in [1.29, 1.82) is 0 Å². The van der Waals surface area contributed by atoms with Crippen molar-refractivity contribution in [2.24, 2.45) is 0 Å². The highest BCUT2D eigenvalue weighted by Gasteiger charge is 2.68. The average molecular weight is 359 g/mol. The Morgan fingerprint density at radius 3 is 2.54 bits per heavy atom. The number of hydrogen-bond acceptors (Lipinski definition) is 6. The van der Waals surface area contributed by atoms with Crippen LogP contribution in [0.4, 0.5) is 0 Å². The highest BCUT2D eigenvalue weighted by atomic mass is 16.5. The molecule has 0 unspecified atom stereocenters. The summed E-state index contributed by atoms with van der Waals surface area (Å²) in [6.45, 7) is 0.813. The van der Waals surface area contributed by atoms with Gasteiger partial charge in [-0.05, 0) is 44.5 Å². The molecule has 1 heterocycles. The van der Waals surface area contributed by atoms with Gasteiger partial charge in [-0.3, -0.25) is 9.69 Å². The number of carbonyl (C=O) groups is 1. The van der Waals surface area contributed by atoms with E-state index < -0.39 is 11.0 Å². The smallest absolute Gasteiger partial charge is 0.201 e. The fourth-order valence-corrected chi connectivity index (χ4v) is 5.68. The molecular weight excluding hydrogens is 334 g/mol. The van der Waals surface area contributed by atoms with E-state index in [1.54, 1.807) is 20.3 Å². The predicted octanol–water partition coefficient (Wildman–Crippen LogP) is 2.14. The molecule has 26 heavy (non-hydrogen) atoms. The van der Waals surface area contributed by atoms with E-state index in [9.17, 15) is 9.90 Å². The number of ether oxygens (including phenoxy) is 3. The second-order valence-corrected chi connectivity index (χ2v) is 7.43. The van der Waals surface area contributed by atoms with Gasteiger partial charge in [0.1, 0.15) is 0 Å². The number of aromatic hydroxyl groups is 1. The lowest BCUT2D eigenvalue weighted by Gasteiger charge is -2.55. The van der Waals surface area contributed by atoms with Crippen LogP contribution in [0, 0.1) is 0 Å². The summed E-state index contributed by atoms with van der Waals surface area (Å²) in [7, 11) is 6.72. The highest BCUT2D eigenvalue weighted by molar-refractivity contribution is 5.97. The third-order valence-corrected chi connectivity index (χ3v) is 6.70. The molecule has 0 spiro atoms. The topological polar surface area (TPSA) is 68.2 Å². The maximum Gasteiger partial charge on any atom is 0.201 e. The number of hydrogen-bond donors (Lipinski definition) is 1. The van der Waals surface area contributed by atoms with E-state index in [-0.39, 0.29) is 11.5 Å². The molecule has 0 amide bonds. The van der Waals surface area contributed by atoms with Gasteiger partial charge in [0.25, 0.3) is 0 Å². The molecular formula is C20H25NO5. The molecule has 1 aromatic rings. The van der Waals surface area contributed by atoms with Gasteiger partial charge in [0.2, 0.25) is 11.5 Å².